The number of rotatable bonds is 3. The average molecular weight is 324 g/mol. The summed E-state index contributed by atoms with van der Waals surface area (Å²) < 4.78 is 1.87. The molecule has 3 rings (SSSR count). The molecule has 3 aromatic rings. The second-order valence-corrected chi connectivity index (χ2v) is 4.38. The lowest BCUT2D eigenvalue weighted by Crippen LogP contribution is -1.99. The quantitative estimate of drug-likeness (QED) is 0.746. The molecule has 0 spiro atoms. The van der Waals surface area contributed by atoms with Crippen molar-refractivity contribution in [2.75, 3.05) is 5.73 Å². The molecule has 0 amide bonds. The van der Waals surface area contributed by atoms with Gasteiger partial charge in [0.2, 0.25) is 0 Å². The summed E-state index contributed by atoms with van der Waals surface area (Å²) in [6.07, 6.45) is 2.22. The van der Waals surface area contributed by atoms with Crippen LogP contribution < -0.4 is 5.73 Å². The largest absolute Gasteiger partial charge is 0.383 e. The molecule has 0 aliphatic rings. The summed E-state index contributed by atoms with van der Waals surface area (Å²) >= 11 is 0. The van der Waals surface area contributed by atoms with Crippen molar-refractivity contribution in [3.63, 3.8) is 0 Å². The highest BCUT2D eigenvalue weighted by molar-refractivity contribution is 5.88. The number of benzene rings is 1. The maximum absolute atomic E-state index is 5.97. The molecule has 1 aromatic carbocycles. The highest BCUT2D eigenvalue weighted by atomic mass is 15.3. The Balaban J connectivity index is 0.000000987. The molecule has 5 nitrogen and oxygen atoms in total. The number of nitrogens with two attached hydrogens (primary N) is 1. The molecule has 3 radical (unpaired) electrons. The van der Waals surface area contributed by atoms with E-state index >= 15 is 0 Å². The molecular weight excluding hydrogens is 297 g/mol. The van der Waals surface area contributed by atoms with E-state index in [1.165, 1.54) is 11.9 Å². The smallest absolute Gasteiger partial charge is 0.163 e. The van der Waals surface area contributed by atoms with Gasteiger partial charge >= 0.3 is 0 Å². The van der Waals surface area contributed by atoms with Gasteiger partial charge in [-0.15, -0.1) is 0 Å². The van der Waals surface area contributed by atoms with Gasteiger partial charge in [-0.2, -0.15) is 5.10 Å². The molecule has 6 heteroatoms. The molecule has 0 saturated carbocycles. The van der Waals surface area contributed by atoms with Gasteiger partial charge < -0.3 is 5.73 Å². The van der Waals surface area contributed by atoms with Crippen LogP contribution in [0.1, 0.15) is 45.9 Å². The lowest BCUT2D eigenvalue weighted by atomic mass is 10.1. The summed E-state index contributed by atoms with van der Waals surface area (Å²) in [4.78, 5) is 8.36. The number of aromatic nitrogens is 4. The van der Waals surface area contributed by atoms with Crippen molar-refractivity contribution in [2.45, 2.75) is 47.6 Å². The fourth-order valence-electron chi connectivity index (χ4n) is 2.24. The molecule has 2 aromatic heterocycles. The van der Waals surface area contributed by atoms with Gasteiger partial charge in [0.25, 0.3) is 0 Å². The predicted molar refractivity (Wildman–Crippen MR) is 103 cm³/mol. The molecule has 24 heavy (non-hydrogen) atoms. The number of anilines is 1. The summed E-state index contributed by atoms with van der Waals surface area (Å²) in [6, 6.07) is 10.2. The molecule has 0 atom stereocenters. The van der Waals surface area contributed by atoms with E-state index in [4.69, 9.17) is 5.73 Å². The Labute approximate surface area is 146 Å². The normalized spacial score (nSPS) is 9.21. The zero-order valence-electron chi connectivity index (χ0n) is 15.3. The fraction of sp³-hybridized carbons (Fsp3) is 0.389. The zero-order chi connectivity index (χ0) is 17.2. The number of fused-ring (bicyclic) bond motifs is 1. The Bertz CT molecular complexity index is 710. The van der Waals surface area contributed by atoms with Crippen molar-refractivity contribution >= 4 is 25.3 Å². The van der Waals surface area contributed by atoms with E-state index in [0.717, 1.165) is 29.7 Å². The van der Waals surface area contributed by atoms with Crippen LogP contribution >= 0.6 is 0 Å². The summed E-state index contributed by atoms with van der Waals surface area (Å²) in [7, 11) is 0. The number of aryl methyl sites for hydroxylation is 1. The van der Waals surface area contributed by atoms with Crippen molar-refractivity contribution in [1.82, 2.24) is 19.7 Å². The summed E-state index contributed by atoms with van der Waals surface area (Å²) in [6.45, 7) is 10.8. The van der Waals surface area contributed by atoms with Crippen molar-refractivity contribution in [3.8, 4) is 0 Å². The van der Waals surface area contributed by atoms with Crippen molar-refractivity contribution in [1.29, 1.82) is 0 Å². The van der Waals surface area contributed by atoms with Gasteiger partial charge in [0.15, 0.2) is 5.65 Å². The first kappa shape index (κ1) is 21.6. The van der Waals surface area contributed by atoms with Crippen LogP contribution in [-0.4, -0.2) is 28.2 Å². The summed E-state index contributed by atoms with van der Waals surface area (Å²) in [5, 5.41) is 5.47. The topological polar surface area (TPSA) is 69.6 Å². The molecule has 2 heterocycles. The Morgan fingerprint density at radius 2 is 1.62 bits per heavy atom. The fourth-order valence-corrected chi connectivity index (χ4v) is 2.24. The van der Waals surface area contributed by atoms with E-state index in [2.05, 4.69) is 27.2 Å². The molecular formula is C18H27BN5. The highest BCUT2D eigenvalue weighted by Gasteiger charge is 2.14. The van der Waals surface area contributed by atoms with Crippen LogP contribution in [-0.2, 0) is 13.0 Å². The average Bonchev–Trinajstić information content (AvgIpc) is 2.98. The Hall–Kier alpha value is -2.37. The minimum Gasteiger partial charge on any atom is -0.383 e. The third kappa shape index (κ3) is 4.81. The maximum atomic E-state index is 5.97. The Morgan fingerprint density at radius 1 is 1.00 bits per heavy atom. The van der Waals surface area contributed by atoms with E-state index in [9.17, 15) is 0 Å². The first-order valence-electron chi connectivity index (χ1n) is 8.29. The third-order valence-corrected chi connectivity index (χ3v) is 3.15. The molecule has 2 N–H and O–H groups in total. The molecule has 0 aliphatic carbocycles. The Morgan fingerprint density at radius 3 is 2.21 bits per heavy atom. The number of hydrogen-bond acceptors (Lipinski definition) is 4. The monoisotopic (exact) mass is 324 g/mol. The zero-order valence-corrected chi connectivity index (χ0v) is 15.3. The van der Waals surface area contributed by atoms with E-state index in [1.54, 1.807) is 0 Å². The van der Waals surface area contributed by atoms with Gasteiger partial charge in [-0.1, -0.05) is 58.0 Å². The minimum atomic E-state index is 0. The second-order valence-electron chi connectivity index (χ2n) is 4.38. The lowest BCUT2D eigenvalue weighted by Gasteiger charge is -1.99. The van der Waals surface area contributed by atoms with E-state index in [0.29, 0.717) is 5.82 Å². The van der Waals surface area contributed by atoms with Gasteiger partial charge in [0, 0.05) is 21.4 Å². The first-order valence-corrected chi connectivity index (χ1v) is 8.29. The molecule has 0 unspecified atom stereocenters. The standard InChI is InChI=1S/C14H15N5.2C2H6.B/c1-2-19-14-12(13(15)16-9-17-14)11(18-19)8-10-6-4-3-5-7-10;2*1-2;/h3-7,9H,2,8H2,1H3,(H2,15,16,17);2*1-2H3;. The van der Waals surface area contributed by atoms with Crippen LogP contribution in [0, 0.1) is 0 Å². The highest BCUT2D eigenvalue weighted by Crippen LogP contribution is 2.23. The van der Waals surface area contributed by atoms with Gasteiger partial charge in [-0.3, -0.25) is 0 Å². The SMILES string of the molecule is CC.CC.CCn1nc(Cc2ccccc2)c2c(N)ncnc21.[B]. The Kier molecular flexibility index (Phi) is 10.1. The lowest BCUT2D eigenvalue weighted by molar-refractivity contribution is 0.665. The summed E-state index contributed by atoms with van der Waals surface area (Å²) in [5.41, 5.74) is 8.91. The first-order chi connectivity index (χ1) is 11.3. The van der Waals surface area contributed by atoms with Crippen LogP contribution in [0.25, 0.3) is 11.0 Å². The van der Waals surface area contributed by atoms with Crippen molar-refractivity contribution < 1.29 is 0 Å². The van der Waals surface area contributed by atoms with Crippen molar-refractivity contribution in [3.05, 3.63) is 47.9 Å². The number of hydrogen-bond donors (Lipinski definition) is 1. The second kappa shape index (κ2) is 11.2. The minimum absolute atomic E-state index is 0. The molecule has 0 saturated heterocycles. The third-order valence-electron chi connectivity index (χ3n) is 3.15. The molecule has 0 bridgehead atoms. The van der Waals surface area contributed by atoms with Crippen LogP contribution in [0.2, 0.25) is 0 Å². The van der Waals surface area contributed by atoms with Gasteiger partial charge in [-0.25, -0.2) is 14.6 Å². The van der Waals surface area contributed by atoms with Crippen molar-refractivity contribution in [2.24, 2.45) is 0 Å². The molecule has 0 aliphatic heterocycles. The van der Waals surface area contributed by atoms with E-state index in [1.807, 2.05) is 57.5 Å². The number of nitrogens with zero attached hydrogens (tertiary/aromatic N) is 4. The summed E-state index contributed by atoms with van der Waals surface area (Å²) in [5.74, 6) is 0.496. The number of nitrogen functional groups attached to an aromatic ring is 1. The molecule has 127 valence electrons. The van der Waals surface area contributed by atoms with E-state index in [-0.39, 0.29) is 8.41 Å². The van der Waals surface area contributed by atoms with Crippen LogP contribution in [0.15, 0.2) is 36.7 Å². The molecule has 0 fully saturated rings. The van der Waals surface area contributed by atoms with Crippen LogP contribution in [0.4, 0.5) is 5.82 Å². The van der Waals surface area contributed by atoms with E-state index < -0.39 is 0 Å². The van der Waals surface area contributed by atoms with Gasteiger partial charge in [0.1, 0.15) is 12.1 Å². The predicted octanol–water partition coefficient (Wildman–Crippen LogP) is 3.69. The van der Waals surface area contributed by atoms with Crippen LogP contribution in [0.3, 0.4) is 0 Å². The van der Waals surface area contributed by atoms with Gasteiger partial charge in [0.05, 0.1) is 11.1 Å². The maximum Gasteiger partial charge on any atom is 0.163 e. The van der Waals surface area contributed by atoms with Gasteiger partial charge in [-0.05, 0) is 12.5 Å². The van der Waals surface area contributed by atoms with Crippen LogP contribution in [0.5, 0.6) is 0 Å².